The second-order valence-corrected chi connectivity index (χ2v) is 3.79. The van der Waals surface area contributed by atoms with Gasteiger partial charge in [0.1, 0.15) is 5.75 Å². The molecule has 1 saturated heterocycles. The molecule has 0 radical (unpaired) electrons. The second kappa shape index (κ2) is 4.33. The quantitative estimate of drug-likeness (QED) is 0.678. The summed E-state index contributed by atoms with van der Waals surface area (Å²) in [5, 5.41) is 15.9. The van der Waals surface area contributed by atoms with E-state index in [-0.39, 0.29) is 0 Å². The summed E-state index contributed by atoms with van der Waals surface area (Å²) in [5.74, 6) is 1.04. The van der Waals surface area contributed by atoms with Crippen LogP contribution in [0.25, 0.3) is 0 Å². The van der Waals surface area contributed by atoms with Gasteiger partial charge in [-0.3, -0.25) is 0 Å². The number of phenols is 1. The molecule has 1 aliphatic rings. The number of hydrogen-bond donors (Lipinski definition) is 3. The van der Waals surface area contributed by atoms with E-state index in [9.17, 15) is 5.11 Å². The van der Waals surface area contributed by atoms with Crippen molar-refractivity contribution >= 4 is 5.69 Å². The number of hydrogen-bond acceptors (Lipinski definition) is 3. The molecule has 1 unspecified atom stereocenters. The van der Waals surface area contributed by atoms with Gasteiger partial charge < -0.3 is 15.7 Å². The molecule has 14 heavy (non-hydrogen) atoms. The zero-order valence-electron chi connectivity index (χ0n) is 8.16. The van der Waals surface area contributed by atoms with Gasteiger partial charge in [0.05, 0.1) is 0 Å². The normalized spacial score (nSPS) is 21.0. The van der Waals surface area contributed by atoms with Crippen molar-refractivity contribution in [2.45, 2.75) is 6.42 Å². The molecule has 1 fully saturated rings. The first-order chi connectivity index (χ1) is 6.84. The van der Waals surface area contributed by atoms with E-state index in [1.165, 1.54) is 6.42 Å². The fraction of sp³-hybridized carbons (Fsp3) is 0.455. The summed E-state index contributed by atoms with van der Waals surface area (Å²) in [5.41, 5.74) is 0.997. The first-order valence-corrected chi connectivity index (χ1v) is 5.08. The molecule has 0 aromatic heterocycles. The molecule has 1 aromatic rings. The smallest absolute Gasteiger partial charge is 0.117 e. The first kappa shape index (κ1) is 9.34. The molecule has 1 aromatic carbocycles. The molecular formula is C11H16N2O. The highest BCUT2D eigenvalue weighted by molar-refractivity contribution is 5.47. The van der Waals surface area contributed by atoms with Gasteiger partial charge in [0.25, 0.3) is 0 Å². The maximum Gasteiger partial charge on any atom is 0.117 e. The van der Waals surface area contributed by atoms with E-state index in [4.69, 9.17) is 0 Å². The Bertz CT molecular complexity index is 295. The van der Waals surface area contributed by atoms with Crippen molar-refractivity contribution in [1.29, 1.82) is 0 Å². The van der Waals surface area contributed by atoms with E-state index in [0.29, 0.717) is 5.75 Å². The van der Waals surface area contributed by atoms with E-state index >= 15 is 0 Å². The van der Waals surface area contributed by atoms with Gasteiger partial charge in [-0.2, -0.15) is 0 Å². The van der Waals surface area contributed by atoms with Gasteiger partial charge in [-0.25, -0.2) is 0 Å². The summed E-state index contributed by atoms with van der Waals surface area (Å²) in [6.07, 6.45) is 1.24. The minimum absolute atomic E-state index is 0.319. The van der Waals surface area contributed by atoms with Crippen molar-refractivity contribution in [3.8, 4) is 5.75 Å². The zero-order valence-corrected chi connectivity index (χ0v) is 8.16. The van der Waals surface area contributed by atoms with E-state index in [1.807, 2.05) is 12.1 Å². The molecule has 1 atom stereocenters. The number of benzene rings is 1. The van der Waals surface area contributed by atoms with Crippen LogP contribution in [0.15, 0.2) is 24.3 Å². The Morgan fingerprint density at radius 3 is 3.14 bits per heavy atom. The second-order valence-electron chi connectivity index (χ2n) is 3.79. The number of rotatable bonds is 3. The van der Waals surface area contributed by atoms with Gasteiger partial charge in [0, 0.05) is 18.3 Å². The van der Waals surface area contributed by atoms with E-state index in [0.717, 1.165) is 31.2 Å². The van der Waals surface area contributed by atoms with Crippen LogP contribution in [0.1, 0.15) is 6.42 Å². The summed E-state index contributed by atoms with van der Waals surface area (Å²) in [6.45, 7) is 3.22. The van der Waals surface area contributed by atoms with E-state index in [2.05, 4.69) is 10.6 Å². The number of phenolic OH excluding ortho intramolecular Hbond substituents is 1. The molecule has 0 aliphatic carbocycles. The van der Waals surface area contributed by atoms with Crippen LogP contribution >= 0.6 is 0 Å². The molecule has 3 N–H and O–H groups in total. The van der Waals surface area contributed by atoms with E-state index < -0.39 is 0 Å². The highest BCUT2D eigenvalue weighted by Crippen LogP contribution is 2.16. The number of aromatic hydroxyl groups is 1. The number of anilines is 1. The monoisotopic (exact) mass is 192 g/mol. The van der Waals surface area contributed by atoms with Gasteiger partial charge in [0.15, 0.2) is 0 Å². The van der Waals surface area contributed by atoms with Gasteiger partial charge in [-0.15, -0.1) is 0 Å². The Balaban J connectivity index is 1.85. The van der Waals surface area contributed by atoms with Crippen LogP contribution in [0.4, 0.5) is 5.69 Å². The maximum atomic E-state index is 9.25. The molecule has 3 nitrogen and oxygen atoms in total. The number of nitrogens with one attached hydrogen (secondary N) is 2. The third kappa shape index (κ3) is 2.39. The minimum atomic E-state index is 0.319. The molecule has 3 heteroatoms. The highest BCUT2D eigenvalue weighted by atomic mass is 16.3. The van der Waals surface area contributed by atoms with Gasteiger partial charge in [-0.05, 0) is 37.6 Å². The summed E-state index contributed by atoms with van der Waals surface area (Å²) >= 11 is 0. The molecule has 76 valence electrons. The molecule has 0 spiro atoms. The third-order valence-electron chi connectivity index (χ3n) is 2.60. The highest BCUT2D eigenvalue weighted by Gasteiger charge is 2.13. The largest absolute Gasteiger partial charge is 0.508 e. The Kier molecular flexibility index (Phi) is 2.89. The average Bonchev–Trinajstić information content (AvgIpc) is 2.67. The fourth-order valence-corrected chi connectivity index (χ4v) is 1.77. The van der Waals surface area contributed by atoms with Crippen molar-refractivity contribution in [2.75, 3.05) is 25.0 Å². The molecule has 2 rings (SSSR count). The van der Waals surface area contributed by atoms with Crippen LogP contribution in [-0.2, 0) is 0 Å². The van der Waals surface area contributed by atoms with Gasteiger partial charge in [0.2, 0.25) is 0 Å². The van der Waals surface area contributed by atoms with Crippen LogP contribution in [-0.4, -0.2) is 24.7 Å². The molecule has 0 saturated carbocycles. The fourth-order valence-electron chi connectivity index (χ4n) is 1.77. The Morgan fingerprint density at radius 2 is 2.43 bits per heavy atom. The van der Waals surface area contributed by atoms with Crippen molar-refractivity contribution < 1.29 is 5.11 Å². The minimum Gasteiger partial charge on any atom is -0.508 e. The lowest BCUT2D eigenvalue weighted by Crippen LogP contribution is -2.17. The van der Waals surface area contributed by atoms with Gasteiger partial charge >= 0.3 is 0 Å². The zero-order chi connectivity index (χ0) is 9.80. The lowest BCUT2D eigenvalue weighted by Gasteiger charge is -2.11. The molecule has 0 bridgehead atoms. The van der Waals surface area contributed by atoms with Crippen LogP contribution in [0.5, 0.6) is 5.75 Å². The van der Waals surface area contributed by atoms with Crippen molar-refractivity contribution in [2.24, 2.45) is 5.92 Å². The maximum absolute atomic E-state index is 9.25. The molecule has 0 amide bonds. The summed E-state index contributed by atoms with van der Waals surface area (Å²) in [7, 11) is 0. The predicted octanol–water partition coefficient (Wildman–Crippen LogP) is 1.41. The Hall–Kier alpha value is -1.22. The van der Waals surface area contributed by atoms with Crippen LogP contribution in [0.3, 0.4) is 0 Å². The Morgan fingerprint density at radius 1 is 1.50 bits per heavy atom. The molecule has 1 heterocycles. The summed E-state index contributed by atoms with van der Waals surface area (Å²) < 4.78 is 0. The van der Waals surface area contributed by atoms with Crippen molar-refractivity contribution in [1.82, 2.24) is 5.32 Å². The SMILES string of the molecule is Oc1cccc(NCC2CCNC2)c1. The van der Waals surface area contributed by atoms with Crippen molar-refractivity contribution in [3.05, 3.63) is 24.3 Å². The van der Waals surface area contributed by atoms with E-state index in [1.54, 1.807) is 12.1 Å². The standard InChI is InChI=1S/C11H16N2O/c14-11-3-1-2-10(6-11)13-8-9-4-5-12-7-9/h1-3,6,9,12-14H,4-5,7-8H2. The topological polar surface area (TPSA) is 44.3 Å². The van der Waals surface area contributed by atoms with Crippen LogP contribution in [0.2, 0.25) is 0 Å². The molecular weight excluding hydrogens is 176 g/mol. The third-order valence-corrected chi connectivity index (χ3v) is 2.60. The van der Waals surface area contributed by atoms with Crippen molar-refractivity contribution in [3.63, 3.8) is 0 Å². The predicted molar refractivity (Wildman–Crippen MR) is 57.6 cm³/mol. The average molecular weight is 192 g/mol. The summed E-state index contributed by atoms with van der Waals surface area (Å²) in [6, 6.07) is 7.26. The Labute approximate surface area is 84.1 Å². The lowest BCUT2D eigenvalue weighted by atomic mass is 10.1. The lowest BCUT2D eigenvalue weighted by molar-refractivity contribution is 0.475. The van der Waals surface area contributed by atoms with Gasteiger partial charge in [-0.1, -0.05) is 6.07 Å². The van der Waals surface area contributed by atoms with Crippen LogP contribution in [0, 0.1) is 5.92 Å². The summed E-state index contributed by atoms with van der Waals surface area (Å²) in [4.78, 5) is 0. The molecule has 1 aliphatic heterocycles. The van der Waals surface area contributed by atoms with Crippen LogP contribution < -0.4 is 10.6 Å². The first-order valence-electron chi connectivity index (χ1n) is 5.08.